The van der Waals surface area contributed by atoms with Gasteiger partial charge in [-0.15, -0.1) is 0 Å². The zero-order valence-electron chi connectivity index (χ0n) is 17.7. The zero-order valence-corrected chi connectivity index (χ0v) is 21.6. The fourth-order valence-electron chi connectivity index (χ4n) is 3.35. The molecule has 0 aliphatic heterocycles. The number of nitrogens with zero attached hydrogens (tertiary/aromatic N) is 1. The van der Waals surface area contributed by atoms with Gasteiger partial charge in [0.2, 0.25) is 0 Å². The van der Waals surface area contributed by atoms with E-state index in [9.17, 15) is 10.1 Å². The molecule has 0 spiro atoms. The molecular weight excluding hydrogens is 580 g/mol. The second kappa shape index (κ2) is 10.9. The second-order valence-electron chi connectivity index (χ2n) is 7.39. The zero-order chi connectivity index (χ0) is 24.1. The number of nitrogens with one attached hydrogen (secondary N) is 1. The summed E-state index contributed by atoms with van der Waals surface area (Å²) in [5, 5.41) is 14.9. The lowest BCUT2D eigenvalue weighted by atomic mass is 10.1. The average molecular weight is 597 g/mol. The van der Waals surface area contributed by atoms with Gasteiger partial charge in [0.1, 0.15) is 24.0 Å². The van der Waals surface area contributed by atoms with Crippen molar-refractivity contribution in [2.24, 2.45) is 0 Å². The van der Waals surface area contributed by atoms with Crippen LogP contribution in [0.25, 0.3) is 16.8 Å². The number of amides is 1. The lowest BCUT2D eigenvalue weighted by Gasteiger charge is -2.12. The molecule has 4 aromatic rings. The van der Waals surface area contributed by atoms with E-state index in [-0.39, 0.29) is 5.57 Å². The highest BCUT2D eigenvalue weighted by molar-refractivity contribution is 9.11. The molecule has 4 rings (SSSR count). The highest BCUT2D eigenvalue weighted by Crippen LogP contribution is 2.36. The fraction of sp³-hybridized carbons (Fsp3) is 0.0370. The van der Waals surface area contributed by atoms with E-state index < -0.39 is 5.91 Å². The van der Waals surface area contributed by atoms with Crippen LogP contribution in [0.2, 0.25) is 5.02 Å². The molecule has 0 saturated heterocycles. The van der Waals surface area contributed by atoms with E-state index in [2.05, 4.69) is 61.4 Å². The summed E-state index contributed by atoms with van der Waals surface area (Å²) in [7, 11) is 0. The Morgan fingerprint density at radius 1 is 0.971 bits per heavy atom. The molecule has 0 heterocycles. The standard InChI is InChI=1S/C27H17Br2ClN2O2/c28-22-13-18(12-21(15-31)27(33)32-25-8-4-3-7-24(25)30)14-23(29)26(22)34-16-17-9-10-19-5-1-2-6-20(19)11-17/h1-14H,16H2,(H,32,33)/b21-12+. The average Bonchev–Trinajstić information content (AvgIpc) is 2.83. The molecule has 0 aliphatic carbocycles. The number of carbonyl (C=O) groups excluding carboxylic acids is 1. The second-order valence-corrected chi connectivity index (χ2v) is 9.50. The number of para-hydroxylation sites is 1. The number of hydrogen-bond donors (Lipinski definition) is 1. The van der Waals surface area contributed by atoms with Gasteiger partial charge in [0.15, 0.2) is 0 Å². The van der Waals surface area contributed by atoms with Crippen LogP contribution in [0.4, 0.5) is 5.69 Å². The van der Waals surface area contributed by atoms with Crippen LogP contribution in [-0.4, -0.2) is 5.91 Å². The van der Waals surface area contributed by atoms with Crippen molar-refractivity contribution < 1.29 is 9.53 Å². The van der Waals surface area contributed by atoms with Crippen LogP contribution in [0, 0.1) is 11.3 Å². The van der Waals surface area contributed by atoms with Gasteiger partial charge >= 0.3 is 0 Å². The normalized spacial score (nSPS) is 11.2. The van der Waals surface area contributed by atoms with Crippen molar-refractivity contribution in [1.82, 2.24) is 0 Å². The summed E-state index contributed by atoms with van der Waals surface area (Å²) in [6.45, 7) is 0.390. The van der Waals surface area contributed by atoms with E-state index in [4.69, 9.17) is 16.3 Å². The third-order valence-electron chi connectivity index (χ3n) is 5.02. The summed E-state index contributed by atoms with van der Waals surface area (Å²) in [4.78, 5) is 12.6. The van der Waals surface area contributed by atoms with E-state index >= 15 is 0 Å². The molecule has 0 fully saturated rings. The third-order valence-corrected chi connectivity index (χ3v) is 6.52. The quantitative estimate of drug-likeness (QED) is 0.181. The van der Waals surface area contributed by atoms with E-state index in [1.54, 1.807) is 36.4 Å². The molecule has 0 bridgehead atoms. The molecule has 0 unspecified atom stereocenters. The Morgan fingerprint density at radius 3 is 2.35 bits per heavy atom. The predicted molar refractivity (Wildman–Crippen MR) is 144 cm³/mol. The Hall–Kier alpha value is -3.11. The number of hydrogen-bond acceptors (Lipinski definition) is 3. The highest BCUT2D eigenvalue weighted by atomic mass is 79.9. The minimum atomic E-state index is -0.542. The minimum absolute atomic E-state index is 0.0523. The molecule has 4 aromatic carbocycles. The number of fused-ring (bicyclic) bond motifs is 1. The predicted octanol–water partition coefficient (Wildman–Crippen LogP) is 8.14. The summed E-state index contributed by atoms with van der Waals surface area (Å²) in [6, 6.07) is 26.8. The van der Waals surface area contributed by atoms with Gasteiger partial charge < -0.3 is 10.1 Å². The molecular formula is C27H17Br2ClN2O2. The van der Waals surface area contributed by atoms with Gasteiger partial charge in [0.05, 0.1) is 19.7 Å². The molecule has 0 aliphatic rings. The van der Waals surface area contributed by atoms with Crippen LogP contribution >= 0.6 is 43.5 Å². The fourth-order valence-corrected chi connectivity index (χ4v) is 4.99. The van der Waals surface area contributed by atoms with E-state index in [1.807, 2.05) is 24.3 Å². The lowest BCUT2D eigenvalue weighted by Crippen LogP contribution is -2.13. The summed E-state index contributed by atoms with van der Waals surface area (Å²) >= 11 is 13.2. The number of nitriles is 1. The SMILES string of the molecule is N#C/C(=C\c1cc(Br)c(OCc2ccc3ccccc3c2)c(Br)c1)C(=O)Nc1ccccc1Cl. The molecule has 1 amide bonds. The number of rotatable bonds is 6. The molecule has 0 saturated carbocycles. The van der Waals surface area contributed by atoms with Crippen LogP contribution in [0.1, 0.15) is 11.1 Å². The van der Waals surface area contributed by atoms with E-state index in [0.29, 0.717) is 37.6 Å². The van der Waals surface area contributed by atoms with Crippen molar-refractivity contribution in [3.05, 3.63) is 110 Å². The first-order chi connectivity index (χ1) is 16.4. The molecule has 0 aromatic heterocycles. The molecule has 1 N–H and O–H groups in total. The first kappa shape index (κ1) is 24.0. The summed E-state index contributed by atoms with van der Waals surface area (Å²) in [6.07, 6.45) is 1.51. The van der Waals surface area contributed by atoms with Gasteiger partial charge in [0, 0.05) is 0 Å². The van der Waals surface area contributed by atoms with E-state index in [0.717, 1.165) is 10.9 Å². The first-order valence-electron chi connectivity index (χ1n) is 10.2. The topological polar surface area (TPSA) is 62.1 Å². The van der Waals surface area contributed by atoms with Crippen LogP contribution in [0.3, 0.4) is 0 Å². The molecule has 168 valence electrons. The van der Waals surface area contributed by atoms with Crippen LogP contribution in [-0.2, 0) is 11.4 Å². The van der Waals surface area contributed by atoms with Crippen LogP contribution < -0.4 is 10.1 Å². The van der Waals surface area contributed by atoms with Crippen LogP contribution in [0.15, 0.2) is 93.4 Å². The molecule has 7 heteroatoms. The maximum absolute atomic E-state index is 12.6. The summed E-state index contributed by atoms with van der Waals surface area (Å²) in [5.41, 5.74) is 2.09. The Kier molecular flexibility index (Phi) is 7.69. The van der Waals surface area contributed by atoms with Gasteiger partial charge in [0.25, 0.3) is 5.91 Å². The number of ether oxygens (including phenoxy) is 1. The Balaban J connectivity index is 1.51. The van der Waals surface area contributed by atoms with Crippen molar-refractivity contribution in [2.75, 3.05) is 5.32 Å². The molecule has 0 atom stereocenters. The van der Waals surface area contributed by atoms with Crippen molar-refractivity contribution >= 4 is 71.9 Å². The third kappa shape index (κ3) is 5.68. The summed E-state index contributed by atoms with van der Waals surface area (Å²) < 4.78 is 7.44. The number of halogens is 3. The molecule has 4 nitrogen and oxygen atoms in total. The van der Waals surface area contributed by atoms with Gasteiger partial charge in [-0.2, -0.15) is 5.26 Å². The van der Waals surface area contributed by atoms with Gasteiger partial charge in [-0.1, -0.05) is 60.1 Å². The van der Waals surface area contributed by atoms with Gasteiger partial charge in [-0.05, 0) is 90.2 Å². The maximum Gasteiger partial charge on any atom is 0.266 e. The Morgan fingerprint density at radius 2 is 1.65 bits per heavy atom. The maximum atomic E-state index is 12.6. The highest BCUT2D eigenvalue weighted by Gasteiger charge is 2.14. The Labute approximate surface area is 219 Å². The lowest BCUT2D eigenvalue weighted by molar-refractivity contribution is -0.112. The number of benzene rings is 4. The monoisotopic (exact) mass is 594 g/mol. The van der Waals surface area contributed by atoms with Crippen molar-refractivity contribution in [3.63, 3.8) is 0 Å². The van der Waals surface area contributed by atoms with E-state index in [1.165, 1.54) is 11.5 Å². The van der Waals surface area contributed by atoms with Crippen molar-refractivity contribution in [1.29, 1.82) is 5.26 Å². The van der Waals surface area contributed by atoms with Crippen LogP contribution in [0.5, 0.6) is 5.75 Å². The number of carbonyl (C=O) groups is 1. The van der Waals surface area contributed by atoms with Crippen molar-refractivity contribution in [3.8, 4) is 11.8 Å². The first-order valence-corrected chi connectivity index (χ1v) is 12.2. The number of anilines is 1. The smallest absolute Gasteiger partial charge is 0.266 e. The van der Waals surface area contributed by atoms with Gasteiger partial charge in [-0.25, -0.2) is 0 Å². The van der Waals surface area contributed by atoms with Crippen molar-refractivity contribution in [2.45, 2.75) is 6.61 Å². The van der Waals surface area contributed by atoms with Gasteiger partial charge in [-0.3, -0.25) is 4.79 Å². The molecule has 34 heavy (non-hydrogen) atoms. The molecule has 0 radical (unpaired) electrons. The summed E-state index contributed by atoms with van der Waals surface area (Å²) in [5.74, 6) is 0.0869. The Bertz CT molecular complexity index is 1440. The minimum Gasteiger partial charge on any atom is -0.487 e. The largest absolute Gasteiger partial charge is 0.487 e.